The number of nitrogens with two attached hydrogens (primary N) is 1. The zero-order chi connectivity index (χ0) is 15.5. The number of carbonyl (C=O) groups is 1. The fourth-order valence-electron chi connectivity index (χ4n) is 1.71. The molecule has 0 aliphatic rings. The lowest BCUT2D eigenvalue weighted by molar-refractivity contribution is 0.0602. The highest BCUT2D eigenvalue weighted by atomic mass is 32.2. The standard InChI is InChI=1S/C13H14N2O4S2/c1-19-13(16)12-11(5-6-20-12)21(17,18)15-8-9-3-2-4-10(14)7-9/h2-7,15H,8,14H2,1H3. The molecular weight excluding hydrogens is 312 g/mol. The number of carbonyl (C=O) groups excluding carboxylic acids is 1. The molecule has 0 aliphatic carbocycles. The molecule has 0 aliphatic heterocycles. The number of sulfonamides is 1. The number of anilines is 1. The Bertz CT molecular complexity index is 753. The van der Waals surface area contributed by atoms with Gasteiger partial charge in [0, 0.05) is 12.2 Å². The average molecular weight is 326 g/mol. The Labute approximate surface area is 126 Å². The molecule has 2 aromatic rings. The molecule has 0 saturated heterocycles. The summed E-state index contributed by atoms with van der Waals surface area (Å²) in [6.45, 7) is 0.0871. The second kappa shape index (κ2) is 6.25. The first-order valence-electron chi connectivity index (χ1n) is 5.94. The van der Waals surface area contributed by atoms with E-state index in [1.807, 2.05) is 0 Å². The number of nitrogens with one attached hydrogen (secondary N) is 1. The second-order valence-electron chi connectivity index (χ2n) is 4.18. The minimum atomic E-state index is -3.79. The molecule has 8 heteroatoms. The van der Waals surface area contributed by atoms with Crippen molar-refractivity contribution < 1.29 is 17.9 Å². The largest absolute Gasteiger partial charge is 0.465 e. The zero-order valence-corrected chi connectivity index (χ0v) is 12.8. The summed E-state index contributed by atoms with van der Waals surface area (Å²) in [4.78, 5) is 11.5. The van der Waals surface area contributed by atoms with E-state index in [-0.39, 0.29) is 16.3 Å². The van der Waals surface area contributed by atoms with Gasteiger partial charge in [0.05, 0.1) is 7.11 Å². The molecular formula is C13H14N2O4S2. The Morgan fingerprint density at radius 1 is 1.38 bits per heavy atom. The lowest BCUT2D eigenvalue weighted by Gasteiger charge is -2.07. The van der Waals surface area contributed by atoms with E-state index < -0.39 is 16.0 Å². The van der Waals surface area contributed by atoms with E-state index >= 15 is 0 Å². The van der Waals surface area contributed by atoms with Crippen LogP contribution in [0.1, 0.15) is 15.2 Å². The topological polar surface area (TPSA) is 98.5 Å². The normalized spacial score (nSPS) is 11.3. The van der Waals surface area contributed by atoms with Crippen LogP contribution in [0.2, 0.25) is 0 Å². The third-order valence-corrected chi connectivity index (χ3v) is 5.17. The molecule has 0 unspecified atom stereocenters. The van der Waals surface area contributed by atoms with E-state index in [4.69, 9.17) is 5.73 Å². The van der Waals surface area contributed by atoms with Gasteiger partial charge in [-0.1, -0.05) is 12.1 Å². The van der Waals surface area contributed by atoms with E-state index in [9.17, 15) is 13.2 Å². The fourth-order valence-corrected chi connectivity index (χ4v) is 4.06. The highest BCUT2D eigenvalue weighted by Gasteiger charge is 2.24. The van der Waals surface area contributed by atoms with Gasteiger partial charge in [0.1, 0.15) is 9.77 Å². The molecule has 3 N–H and O–H groups in total. The van der Waals surface area contributed by atoms with Crippen molar-refractivity contribution in [3.63, 3.8) is 0 Å². The third kappa shape index (κ3) is 3.60. The molecule has 1 heterocycles. The molecule has 0 radical (unpaired) electrons. The number of rotatable bonds is 5. The summed E-state index contributed by atoms with van der Waals surface area (Å²) < 4.78 is 31.5. The van der Waals surface area contributed by atoms with Gasteiger partial charge in [0.25, 0.3) is 0 Å². The van der Waals surface area contributed by atoms with Crippen LogP contribution in [-0.4, -0.2) is 21.5 Å². The average Bonchev–Trinajstić information content (AvgIpc) is 2.95. The highest BCUT2D eigenvalue weighted by Crippen LogP contribution is 2.23. The van der Waals surface area contributed by atoms with E-state index in [2.05, 4.69) is 9.46 Å². The minimum absolute atomic E-state index is 0.0533. The number of nitrogen functional groups attached to an aromatic ring is 1. The van der Waals surface area contributed by atoms with Gasteiger partial charge in [-0.15, -0.1) is 11.3 Å². The van der Waals surface area contributed by atoms with E-state index in [1.165, 1.54) is 18.6 Å². The van der Waals surface area contributed by atoms with Crippen molar-refractivity contribution in [2.24, 2.45) is 0 Å². The number of benzene rings is 1. The monoisotopic (exact) mass is 326 g/mol. The molecule has 1 aromatic carbocycles. The summed E-state index contributed by atoms with van der Waals surface area (Å²) in [6.07, 6.45) is 0. The zero-order valence-electron chi connectivity index (χ0n) is 11.2. The Kier molecular flexibility index (Phi) is 4.61. The summed E-state index contributed by atoms with van der Waals surface area (Å²) in [6, 6.07) is 8.26. The molecule has 6 nitrogen and oxygen atoms in total. The lowest BCUT2D eigenvalue weighted by atomic mass is 10.2. The summed E-state index contributed by atoms with van der Waals surface area (Å²) in [5, 5.41) is 1.53. The van der Waals surface area contributed by atoms with Crippen LogP contribution in [-0.2, 0) is 21.3 Å². The van der Waals surface area contributed by atoms with E-state index in [0.29, 0.717) is 5.69 Å². The predicted molar refractivity (Wildman–Crippen MR) is 80.5 cm³/mol. The van der Waals surface area contributed by atoms with Gasteiger partial charge >= 0.3 is 5.97 Å². The van der Waals surface area contributed by atoms with E-state index in [1.54, 1.807) is 24.3 Å². The molecule has 2 rings (SSSR count). The van der Waals surface area contributed by atoms with Gasteiger partial charge in [-0.25, -0.2) is 17.9 Å². The van der Waals surface area contributed by atoms with Crippen molar-refractivity contribution in [3.05, 3.63) is 46.2 Å². The predicted octanol–water partition coefficient (Wildman–Crippen LogP) is 1.60. The van der Waals surface area contributed by atoms with Crippen molar-refractivity contribution >= 4 is 33.0 Å². The number of methoxy groups -OCH3 is 1. The van der Waals surface area contributed by atoms with Crippen LogP contribution in [0.3, 0.4) is 0 Å². The van der Waals surface area contributed by atoms with Gasteiger partial charge < -0.3 is 10.5 Å². The van der Waals surface area contributed by atoms with Crippen LogP contribution in [0.25, 0.3) is 0 Å². The fraction of sp³-hybridized carbons (Fsp3) is 0.154. The first kappa shape index (κ1) is 15.5. The van der Waals surface area contributed by atoms with Crippen molar-refractivity contribution in [2.45, 2.75) is 11.4 Å². The molecule has 0 fully saturated rings. The van der Waals surface area contributed by atoms with Crippen molar-refractivity contribution in [3.8, 4) is 0 Å². The van der Waals surface area contributed by atoms with Crippen LogP contribution in [0, 0.1) is 0 Å². The molecule has 21 heavy (non-hydrogen) atoms. The Balaban J connectivity index is 2.19. The van der Waals surface area contributed by atoms with Crippen molar-refractivity contribution in [1.82, 2.24) is 4.72 Å². The van der Waals surface area contributed by atoms with Crippen LogP contribution < -0.4 is 10.5 Å². The molecule has 0 spiro atoms. The molecule has 112 valence electrons. The highest BCUT2D eigenvalue weighted by molar-refractivity contribution is 7.89. The Morgan fingerprint density at radius 3 is 2.81 bits per heavy atom. The van der Waals surface area contributed by atoms with Crippen LogP contribution in [0.15, 0.2) is 40.6 Å². The summed E-state index contributed by atoms with van der Waals surface area (Å²) in [7, 11) is -2.59. The maximum atomic E-state index is 12.2. The molecule has 0 bridgehead atoms. The van der Waals surface area contributed by atoms with Crippen molar-refractivity contribution in [1.29, 1.82) is 0 Å². The van der Waals surface area contributed by atoms with Crippen LogP contribution in [0.4, 0.5) is 5.69 Å². The smallest absolute Gasteiger partial charge is 0.349 e. The molecule has 0 saturated carbocycles. The van der Waals surface area contributed by atoms with Gasteiger partial charge in [0.15, 0.2) is 0 Å². The van der Waals surface area contributed by atoms with Crippen molar-refractivity contribution in [2.75, 3.05) is 12.8 Å². The minimum Gasteiger partial charge on any atom is -0.465 e. The summed E-state index contributed by atoms with van der Waals surface area (Å²) in [5.74, 6) is -0.672. The molecule has 1 aromatic heterocycles. The lowest BCUT2D eigenvalue weighted by Crippen LogP contribution is -2.24. The maximum Gasteiger partial charge on any atom is 0.349 e. The SMILES string of the molecule is COC(=O)c1sccc1S(=O)(=O)NCc1cccc(N)c1. The summed E-state index contributed by atoms with van der Waals surface area (Å²) >= 11 is 1.02. The van der Waals surface area contributed by atoms with Crippen LogP contribution in [0.5, 0.6) is 0 Å². The van der Waals surface area contributed by atoms with Crippen LogP contribution >= 0.6 is 11.3 Å². The number of hydrogen-bond donors (Lipinski definition) is 2. The Hall–Kier alpha value is -1.90. The quantitative estimate of drug-likeness (QED) is 0.642. The number of hydrogen-bond acceptors (Lipinski definition) is 6. The third-order valence-electron chi connectivity index (χ3n) is 2.71. The second-order valence-corrected chi connectivity index (χ2v) is 6.83. The number of thiophene rings is 1. The van der Waals surface area contributed by atoms with Gasteiger partial charge in [0.2, 0.25) is 10.0 Å². The Morgan fingerprint density at radius 2 is 2.14 bits per heavy atom. The number of esters is 1. The maximum absolute atomic E-state index is 12.2. The van der Waals surface area contributed by atoms with Gasteiger partial charge in [-0.2, -0.15) is 0 Å². The van der Waals surface area contributed by atoms with Gasteiger partial charge in [-0.3, -0.25) is 0 Å². The first-order valence-corrected chi connectivity index (χ1v) is 8.30. The number of ether oxygens (including phenoxy) is 1. The molecule has 0 amide bonds. The molecule has 0 atom stereocenters. The summed E-state index contributed by atoms with van der Waals surface area (Å²) in [5.41, 5.74) is 6.92. The van der Waals surface area contributed by atoms with Gasteiger partial charge in [-0.05, 0) is 29.1 Å². The van der Waals surface area contributed by atoms with E-state index in [0.717, 1.165) is 16.9 Å². The first-order chi connectivity index (χ1) is 9.94.